The van der Waals surface area contributed by atoms with Crippen molar-refractivity contribution >= 4 is 5.91 Å². The molecule has 0 N–H and O–H groups in total. The molecule has 2 aromatic rings. The standard InChI is InChI=1S/C17H22N4O2/c1-2-14-10-18-17(19-11-14)23-15-6-5-9-21(12-15)16(22)13-20-7-3-4-8-20/h3-4,7-8,10-11,15H,2,5-6,9,12-13H2,1H3. The van der Waals surface area contributed by atoms with Gasteiger partial charge in [0.15, 0.2) is 0 Å². The molecular weight excluding hydrogens is 292 g/mol. The van der Waals surface area contributed by atoms with Crippen LogP contribution < -0.4 is 4.74 Å². The zero-order valence-electron chi connectivity index (χ0n) is 13.4. The summed E-state index contributed by atoms with van der Waals surface area (Å²) in [4.78, 5) is 22.7. The van der Waals surface area contributed by atoms with E-state index in [1.165, 1.54) is 0 Å². The van der Waals surface area contributed by atoms with Gasteiger partial charge >= 0.3 is 6.01 Å². The van der Waals surface area contributed by atoms with Crippen LogP contribution in [-0.2, 0) is 17.8 Å². The first-order valence-corrected chi connectivity index (χ1v) is 8.10. The van der Waals surface area contributed by atoms with Crippen molar-refractivity contribution in [2.45, 2.75) is 38.8 Å². The van der Waals surface area contributed by atoms with Crippen LogP contribution in [0, 0.1) is 0 Å². The van der Waals surface area contributed by atoms with Crippen molar-refractivity contribution in [2.75, 3.05) is 13.1 Å². The topological polar surface area (TPSA) is 60.2 Å². The maximum atomic E-state index is 12.4. The van der Waals surface area contributed by atoms with E-state index >= 15 is 0 Å². The first kappa shape index (κ1) is 15.5. The number of hydrogen-bond acceptors (Lipinski definition) is 4. The number of aryl methyl sites for hydroxylation is 1. The SMILES string of the molecule is CCc1cnc(OC2CCCN(C(=O)Cn3cccc3)C2)nc1. The van der Waals surface area contributed by atoms with Crippen LogP contribution in [0.3, 0.4) is 0 Å². The Balaban J connectivity index is 1.55. The number of ether oxygens (including phenoxy) is 1. The van der Waals surface area contributed by atoms with Crippen molar-refractivity contribution in [3.63, 3.8) is 0 Å². The van der Waals surface area contributed by atoms with Gasteiger partial charge in [-0.15, -0.1) is 0 Å². The average Bonchev–Trinajstić information content (AvgIpc) is 3.09. The van der Waals surface area contributed by atoms with Crippen LogP contribution in [0.4, 0.5) is 0 Å². The molecule has 6 heteroatoms. The number of piperidine rings is 1. The van der Waals surface area contributed by atoms with E-state index in [-0.39, 0.29) is 12.0 Å². The Morgan fingerprint density at radius 2 is 2.04 bits per heavy atom. The molecule has 3 heterocycles. The number of carbonyl (C=O) groups is 1. The maximum absolute atomic E-state index is 12.4. The second-order valence-corrected chi connectivity index (χ2v) is 5.80. The van der Waals surface area contributed by atoms with E-state index in [9.17, 15) is 4.79 Å². The molecule has 1 amide bonds. The van der Waals surface area contributed by atoms with Gasteiger partial charge in [-0.1, -0.05) is 6.92 Å². The number of nitrogens with zero attached hydrogens (tertiary/aromatic N) is 4. The number of hydrogen-bond donors (Lipinski definition) is 0. The molecule has 1 unspecified atom stereocenters. The first-order valence-electron chi connectivity index (χ1n) is 8.10. The quantitative estimate of drug-likeness (QED) is 0.846. The summed E-state index contributed by atoms with van der Waals surface area (Å²) < 4.78 is 7.74. The van der Waals surface area contributed by atoms with Crippen molar-refractivity contribution in [1.82, 2.24) is 19.4 Å². The van der Waals surface area contributed by atoms with Gasteiger partial charge in [-0.25, -0.2) is 9.97 Å². The molecule has 2 aromatic heterocycles. The van der Waals surface area contributed by atoms with Crippen molar-refractivity contribution in [3.05, 3.63) is 42.5 Å². The van der Waals surface area contributed by atoms with E-state index in [0.29, 0.717) is 19.1 Å². The highest BCUT2D eigenvalue weighted by molar-refractivity contribution is 5.76. The number of likely N-dealkylation sites (tertiary alicyclic amines) is 1. The van der Waals surface area contributed by atoms with Gasteiger partial charge in [-0.3, -0.25) is 4.79 Å². The fraction of sp³-hybridized carbons (Fsp3) is 0.471. The minimum absolute atomic E-state index is 0.0372. The lowest BCUT2D eigenvalue weighted by Gasteiger charge is -2.32. The molecule has 3 rings (SSSR count). The van der Waals surface area contributed by atoms with Crippen LogP contribution in [0.25, 0.3) is 0 Å². The molecule has 122 valence electrons. The second kappa shape index (κ2) is 7.26. The molecule has 0 aliphatic carbocycles. The Kier molecular flexibility index (Phi) is 4.90. The zero-order valence-corrected chi connectivity index (χ0v) is 13.4. The van der Waals surface area contributed by atoms with Gasteiger partial charge in [0.1, 0.15) is 12.6 Å². The molecule has 0 bridgehead atoms. The van der Waals surface area contributed by atoms with Crippen LogP contribution in [0.5, 0.6) is 6.01 Å². The molecule has 1 fully saturated rings. The summed E-state index contributed by atoms with van der Waals surface area (Å²) in [6, 6.07) is 4.24. The summed E-state index contributed by atoms with van der Waals surface area (Å²) >= 11 is 0. The third kappa shape index (κ3) is 4.09. The van der Waals surface area contributed by atoms with E-state index in [2.05, 4.69) is 16.9 Å². The molecule has 1 aliphatic rings. The van der Waals surface area contributed by atoms with Gasteiger partial charge in [0, 0.05) is 31.3 Å². The van der Waals surface area contributed by atoms with Crippen LogP contribution >= 0.6 is 0 Å². The molecule has 6 nitrogen and oxygen atoms in total. The summed E-state index contributed by atoms with van der Waals surface area (Å²) in [5.41, 5.74) is 1.09. The molecule has 1 saturated heterocycles. The fourth-order valence-corrected chi connectivity index (χ4v) is 2.73. The van der Waals surface area contributed by atoms with Gasteiger partial charge in [0.2, 0.25) is 5.91 Å². The van der Waals surface area contributed by atoms with E-state index in [1.807, 2.05) is 34.0 Å². The first-order chi connectivity index (χ1) is 11.2. The summed E-state index contributed by atoms with van der Waals surface area (Å²) in [5, 5.41) is 0. The summed E-state index contributed by atoms with van der Waals surface area (Å²) in [6.07, 6.45) is 10.1. The summed E-state index contributed by atoms with van der Waals surface area (Å²) in [5.74, 6) is 0.122. The predicted molar refractivity (Wildman–Crippen MR) is 86.1 cm³/mol. The zero-order chi connectivity index (χ0) is 16.1. The molecule has 1 atom stereocenters. The fourth-order valence-electron chi connectivity index (χ4n) is 2.73. The highest BCUT2D eigenvalue weighted by Gasteiger charge is 2.25. The molecule has 0 aromatic carbocycles. The molecular formula is C17H22N4O2. The highest BCUT2D eigenvalue weighted by Crippen LogP contribution is 2.16. The van der Waals surface area contributed by atoms with Crippen LogP contribution in [0.15, 0.2) is 36.9 Å². The monoisotopic (exact) mass is 314 g/mol. The minimum Gasteiger partial charge on any atom is -0.458 e. The Labute approximate surface area is 136 Å². The van der Waals surface area contributed by atoms with Crippen LogP contribution in [0.1, 0.15) is 25.3 Å². The van der Waals surface area contributed by atoms with E-state index in [1.54, 1.807) is 12.4 Å². The second-order valence-electron chi connectivity index (χ2n) is 5.80. The molecule has 1 aliphatic heterocycles. The van der Waals surface area contributed by atoms with Gasteiger partial charge in [0.25, 0.3) is 0 Å². The largest absolute Gasteiger partial charge is 0.458 e. The smallest absolute Gasteiger partial charge is 0.316 e. The van der Waals surface area contributed by atoms with E-state index in [0.717, 1.165) is 31.4 Å². The lowest BCUT2D eigenvalue weighted by Crippen LogP contribution is -2.45. The third-order valence-corrected chi connectivity index (χ3v) is 4.08. The predicted octanol–water partition coefficient (Wildman–Crippen LogP) is 1.91. The third-order valence-electron chi connectivity index (χ3n) is 4.08. The van der Waals surface area contributed by atoms with Crippen molar-refractivity contribution in [3.8, 4) is 6.01 Å². The van der Waals surface area contributed by atoms with Gasteiger partial charge < -0.3 is 14.2 Å². The highest BCUT2D eigenvalue weighted by atomic mass is 16.5. The van der Waals surface area contributed by atoms with E-state index in [4.69, 9.17) is 4.74 Å². The molecule has 23 heavy (non-hydrogen) atoms. The lowest BCUT2D eigenvalue weighted by atomic mass is 10.1. The summed E-state index contributed by atoms with van der Waals surface area (Å²) in [6.45, 7) is 3.82. The maximum Gasteiger partial charge on any atom is 0.316 e. The van der Waals surface area contributed by atoms with Crippen molar-refractivity contribution in [2.24, 2.45) is 0 Å². The average molecular weight is 314 g/mol. The number of rotatable bonds is 5. The molecule has 0 saturated carbocycles. The van der Waals surface area contributed by atoms with Crippen LogP contribution in [0.2, 0.25) is 0 Å². The van der Waals surface area contributed by atoms with Crippen LogP contribution in [-0.4, -0.2) is 44.5 Å². The van der Waals surface area contributed by atoms with E-state index < -0.39 is 0 Å². The number of amides is 1. The molecule has 0 spiro atoms. The van der Waals surface area contributed by atoms with Gasteiger partial charge in [0.05, 0.1) is 6.54 Å². The molecule has 0 radical (unpaired) electrons. The van der Waals surface area contributed by atoms with Gasteiger partial charge in [-0.05, 0) is 37.0 Å². The lowest BCUT2D eigenvalue weighted by molar-refractivity contribution is -0.134. The Morgan fingerprint density at radius 1 is 1.30 bits per heavy atom. The Hall–Kier alpha value is -2.37. The number of carbonyl (C=O) groups excluding carboxylic acids is 1. The van der Waals surface area contributed by atoms with Crippen molar-refractivity contribution in [1.29, 1.82) is 0 Å². The normalized spacial score (nSPS) is 18.0. The van der Waals surface area contributed by atoms with Gasteiger partial charge in [-0.2, -0.15) is 0 Å². The summed E-state index contributed by atoms with van der Waals surface area (Å²) in [7, 11) is 0. The van der Waals surface area contributed by atoms with Crippen molar-refractivity contribution < 1.29 is 9.53 Å². The minimum atomic E-state index is -0.0372. The Bertz CT molecular complexity index is 625. The number of aromatic nitrogens is 3. The Morgan fingerprint density at radius 3 is 2.74 bits per heavy atom.